The van der Waals surface area contributed by atoms with E-state index in [4.69, 9.17) is 0 Å². The van der Waals surface area contributed by atoms with Crippen LogP contribution in [0.2, 0.25) is 0 Å². The van der Waals surface area contributed by atoms with Crippen LogP contribution in [0.15, 0.2) is 88.7 Å². The molecule has 1 unspecified atom stereocenters. The summed E-state index contributed by atoms with van der Waals surface area (Å²) in [5, 5.41) is 2.34. The fourth-order valence-electron chi connectivity index (χ4n) is 4.46. The number of benzene rings is 4. The lowest BCUT2D eigenvalue weighted by atomic mass is 10.0. The Hall–Kier alpha value is -3.17. The Bertz CT molecular complexity index is 1470. The first-order chi connectivity index (χ1) is 14.1. The largest absolute Gasteiger partial charge is 0.309 e. The molecule has 0 N–H and O–H groups in total. The molecule has 6 rings (SSSR count). The van der Waals surface area contributed by atoms with Crippen LogP contribution in [-0.4, -0.2) is 8.78 Å². The number of rotatable bonds is 1. The standard InChI is InChI=1S/C26H19NOS/c1-16-7-10-18(11-8-16)27-23-6-4-3-5-19(23)21-15-26-22(14-24(21)27)20-12-9-17(2)13-25(20)29(26)28/h3-15H,1-2H3. The third-order valence-corrected chi connectivity index (χ3v) is 7.37. The molecule has 2 nitrogen and oxygen atoms in total. The maximum absolute atomic E-state index is 13.2. The number of fused-ring (bicyclic) bond motifs is 6. The van der Waals surface area contributed by atoms with Crippen molar-refractivity contribution in [1.82, 2.24) is 4.57 Å². The van der Waals surface area contributed by atoms with Crippen LogP contribution in [0.5, 0.6) is 0 Å². The Kier molecular flexibility index (Phi) is 3.42. The van der Waals surface area contributed by atoms with Gasteiger partial charge in [-0.1, -0.05) is 48.0 Å². The Labute approximate surface area is 171 Å². The van der Waals surface area contributed by atoms with Crippen LogP contribution in [0.1, 0.15) is 11.1 Å². The van der Waals surface area contributed by atoms with Crippen LogP contribution in [0.3, 0.4) is 0 Å². The van der Waals surface area contributed by atoms with Gasteiger partial charge >= 0.3 is 0 Å². The molecule has 0 bridgehead atoms. The Morgan fingerprint density at radius 2 is 1.38 bits per heavy atom. The van der Waals surface area contributed by atoms with Gasteiger partial charge in [-0.15, -0.1) is 0 Å². The van der Waals surface area contributed by atoms with Crippen LogP contribution in [-0.2, 0) is 10.8 Å². The smallest absolute Gasteiger partial charge is 0.0862 e. The minimum absolute atomic E-state index is 0.921. The Morgan fingerprint density at radius 1 is 0.655 bits per heavy atom. The maximum atomic E-state index is 13.2. The quantitative estimate of drug-likeness (QED) is 0.310. The average Bonchev–Trinajstić information content (AvgIpc) is 3.20. The second-order valence-electron chi connectivity index (χ2n) is 7.82. The molecular weight excluding hydrogens is 374 g/mol. The van der Waals surface area contributed by atoms with E-state index in [1.807, 2.05) is 0 Å². The Balaban J connectivity index is 1.75. The summed E-state index contributed by atoms with van der Waals surface area (Å²) >= 11 is 0. The van der Waals surface area contributed by atoms with Crippen molar-refractivity contribution in [2.45, 2.75) is 23.6 Å². The van der Waals surface area contributed by atoms with Crippen LogP contribution in [0.25, 0.3) is 38.6 Å². The highest BCUT2D eigenvalue weighted by atomic mass is 32.2. The van der Waals surface area contributed by atoms with Gasteiger partial charge in [-0.3, -0.25) is 0 Å². The first kappa shape index (κ1) is 16.8. The lowest BCUT2D eigenvalue weighted by Gasteiger charge is -2.09. The molecule has 0 amide bonds. The van der Waals surface area contributed by atoms with Gasteiger partial charge in [0.1, 0.15) is 0 Å². The zero-order chi connectivity index (χ0) is 19.7. The van der Waals surface area contributed by atoms with Crippen LogP contribution in [0.4, 0.5) is 0 Å². The fraction of sp³-hybridized carbons (Fsp3) is 0.0769. The molecule has 0 radical (unpaired) electrons. The molecule has 0 saturated heterocycles. The van der Waals surface area contributed by atoms with Gasteiger partial charge in [0.2, 0.25) is 0 Å². The minimum Gasteiger partial charge on any atom is -0.309 e. The highest BCUT2D eigenvalue weighted by molar-refractivity contribution is 7.85. The van der Waals surface area contributed by atoms with Crippen molar-refractivity contribution in [2.75, 3.05) is 0 Å². The first-order valence-electron chi connectivity index (χ1n) is 9.79. The van der Waals surface area contributed by atoms with Crippen molar-refractivity contribution in [2.24, 2.45) is 0 Å². The van der Waals surface area contributed by atoms with E-state index in [0.717, 1.165) is 43.1 Å². The third kappa shape index (κ3) is 2.31. The predicted molar refractivity (Wildman–Crippen MR) is 120 cm³/mol. The molecule has 1 aliphatic rings. The molecule has 0 spiro atoms. The van der Waals surface area contributed by atoms with Gasteiger partial charge in [0.05, 0.1) is 31.6 Å². The van der Waals surface area contributed by atoms with Gasteiger partial charge in [-0.2, -0.15) is 0 Å². The number of hydrogen-bond acceptors (Lipinski definition) is 1. The molecule has 29 heavy (non-hydrogen) atoms. The maximum Gasteiger partial charge on any atom is 0.0862 e. The number of nitrogens with zero attached hydrogens (tertiary/aromatic N) is 1. The summed E-state index contributed by atoms with van der Waals surface area (Å²) in [5.41, 5.74) is 8.03. The van der Waals surface area contributed by atoms with E-state index in [2.05, 4.69) is 97.3 Å². The van der Waals surface area contributed by atoms with E-state index in [9.17, 15) is 4.21 Å². The van der Waals surface area contributed by atoms with E-state index in [-0.39, 0.29) is 0 Å². The van der Waals surface area contributed by atoms with Gasteiger partial charge in [0.15, 0.2) is 0 Å². The van der Waals surface area contributed by atoms with Gasteiger partial charge in [0.25, 0.3) is 0 Å². The van der Waals surface area contributed by atoms with Crippen molar-refractivity contribution in [1.29, 1.82) is 0 Å². The summed E-state index contributed by atoms with van der Waals surface area (Å²) in [5.74, 6) is 0. The number of aryl methyl sites for hydroxylation is 2. The van der Waals surface area contributed by atoms with E-state index in [0.29, 0.717) is 0 Å². The monoisotopic (exact) mass is 393 g/mol. The molecule has 4 aromatic carbocycles. The lowest BCUT2D eigenvalue weighted by molar-refractivity contribution is 0.685. The van der Waals surface area contributed by atoms with Crippen LogP contribution in [0, 0.1) is 13.8 Å². The van der Waals surface area contributed by atoms with E-state index in [1.54, 1.807) is 0 Å². The molecular formula is C26H19NOS. The molecule has 0 aliphatic carbocycles. The van der Waals surface area contributed by atoms with Crippen molar-refractivity contribution in [3.8, 4) is 16.8 Å². The summed E-state index contributed by atoms with van der Waals surface area (Å²) in [4.78, 5) is 1.85. The topological polar surface area (TPSA) is 22.0 Å². The second-order valence-corrected chi connectivity index (χ2v) is 9.24. The van der Waals surface area contributed by atoms with Crippen molar-refractivity contribution < 1.29 is 4.21 Å². The van der Waals surface area contributed by atoms with Gasteiger partial charge < -0.3 is 4.57 Å². The SMILES string of the molecule is Cc1ccc(-n2c3ccccc3c3cc4c(cc32)-c2ccc(C)cc2S4=O)cc1. The summed E-state index contributed by atoms with van der Waals surface area (Å²) in [7, 11) is -1.13. The summed E-state index contributed by atoms with van der Waals surface area (Å²) in [6.45, 7) is 4.16. The number of para-hydroxylation sites is 1. The van der Waals surface area contributed by atoms with Gasteiger partial charge in [0, 0.05) is 22.0 Å². The molecule has 1 aromatic heterocycles. The molecule has 0 saturated carbocycles. The molecule has 2 heterocycles. The number of hydrogen-bond donors (Lipinski definition) is 0. The first-order valence-corrected chi connectivity index (χ1v) is 10.9. The molecule has 3 heteroatoms. The molecule has 140 valence electrons. The zero-order valence-electron chi connectivity index (χ0n) is 16.3. The van der Waals surface area contributed by atoms with Crippen LogP contribution < -0.4 is 0 Å². The Morgan fingerprint density at radius 3 is 2.21 bits per heavy atom. The highest BCUT2D eigenvalue weighted by Crippen LogP contribution is 2.45. The van der Waals surface area contributed by atoms with Gasteiger partial charge in [-0.25, -0.2) is 4.21 Å². The van der Waals surface area contributed by atoms with E-state index in [1.165, 1.54) is 16.5 Å². The van der Waals surface area contributed by atoms with Crippen LogP contribution >= 0.6 is 0 Å². The molecule has 1 aliphatic heterocycles. The summed E-state index contributed by atoms with van der Waals surface area (Å²) in [6.07, 6.45) is 0. The van der Waals surface area contributed by atoms with Crippen molar-refractivity contribution in [3.05, 3.63) is 90.0 Å². The summed E-state index contributed by atoms with van der Waals surface area (Å²) < 4.78 is 15.6. The third-order valence-electron chi connectivity index (χ3n) is 5.89. The fourth-order valence-corrected chi connectivity index (χ4v) is 5.96. The molecule has 1 atom stereocenters. The second kappa shape index (κ2) is 5.91. The summed E-state index contributed by atoms with van der Waals surface area (Å²) in [6, 6.07) is 27.7. The van der Waals surface area contributed by atoms with Crippen molar-refractivity contribution >= 4 is 32.6 Å². The predicted octanol–water partition coefficient (Wildman–Crippen LogP) is 6.55. The van der Waals surface area contributed by atoms with Crippen molar-refractivity contribution in [3.63, 3.8) is 0 Å². The number of aromatic nitrogens is 1. The highest BCUT2D eigenvalue weighted by Gasteiger charge is 2.27. The molecule has 5 aromatic rings. The minimum atomic E-state index is -1.13. The van der Waals surface area contributed by atoms with E-state index < -0.39 is 10.8 Å². The van der Waals surface area contributed by atoms with Gasteiger partial charge in [-0.05, 0) is 61.4 Å². The normalized spacial score (nSPS) is 15.0. The average molecular weight is 394 g/mol. The lowest BCUT2D eigenvalue weighted by Crippen LogP contribution is -1.94. The zero-order valence-corrected chi connectivity index (χ0v) is 17.1. The van der Waals surface area contributed by atoms with E-state index >= 15 is 0 Å². The molecule has 0 fully saturated rings.